The van der Waals surface area contributed by atoms with Gasteiger partial charge in [-0.05, 0) is 25.1 Å². The summed E-state index contributed by atoms with van der Waals surface area (Å²) in [4.78, 5) is 4.15. The molecule has 3 rings (SSSR count). The molecule has 8 nitrogen and oxygen atoms in total. The predicted molar refractivity (Wildman–Crippen MR) is 110 cm³/mol. The first kappa shape index (κ1) is 22.3. The summed E-state index contributed by atoms with van der Waals surface area (Å²) < 4.78 is 51.9. The molecule has 0 amide bonds. The molecule has 0 fully saturated rings. The van der Waals surface area contributed by atoms with Crippen molar-refractivity contribution in [1.29, 1.82) is 0 Å². The lowest BCUT2D eigenvalue weighted by Gasteiger charge is -2.19. The van der Waals surface area contributed by atoms with Crippen molar-refractivity contribution >= 4 is 5.96 Å². The van der Waals surface area contributed by atoms with Crippen molar-refractivity contribution in [3.8, 4) is 28.7 Å². The topological polar surface area (TPSA) is 82.6 Å². The zero-order valence-electron chi connectivity index (χ0n) is 17.5. The molecule has 1 atom stereocenters. The number of guanidine groups is 1. The van der Waals surface area contributed by atoms with E-state index in [-0.39, 0.29) is 25.2 Å². The summed E-state index contributed by atoms with van der Waals surface area (Å²) in [6, 6.07) is 10.4. The van der Waals surface area contributed by atoms with Crippen LogP contribution >= 0.6 is 0 Å². The van der Waals surface area contributed by atoms with E-state index in [1.54, 1.807) is 20.2 Å². The lowest BCUT2D eigenvalue weighted by Crippen LogP contribution is -2.41. The summed E-state index contributed by atoms with van der Waals surface area (Å²) in [5.74, 6) is 2.60. The van der Waals surface area contributed by atoms with E-state index in [9.17, 15) is 8.78 Å². The van der Waals surface area contributed by atoms with Gasteiger partial charge in [0.1, 0.15) is 11.9 Å². The summed E-state index contributed by atoms with van der Waals surface area (Å²) in [5, 5.41) is 6.21. The van der Waals surface area contributed by atoms with Crippen molar-refractivity contribution in [3.05, 3.63) is 42.0 Å². The molecule has 0 aromatic heterocycles. The largest absolute Gasteiger partial charge is 0.493 e. The molecule has 1 aliphatic heterocycles. The van der Waals surface area contributed by atoms with E-state index in [2.05, 4.69) is 20.4 Å². The first-order valence-electron chi connectivity index (χ1n) is 9.61. The molecular formula is C21H25F2N3O5. The predicted octanol–water partition coefficient (Wildman–Crippen LogP) is 3.16. The Labute approximate surface area is 179 Å². The maximum atomic E-state index is 12.8. The van der Waals surface area contributed by atoms with Gasteiger partial charge in [-0.25, -0.2) is 0 Å². The number of para-hydroxylation sites is 2. The van der Waals surface area contributed by atoms with Crippen molar-refractivity contribution in [1.82, 2.24) is 10.6 Å². The average Bonchev–Trinajstić information content (AvgIpc) is 3.21. The van der Waals surface area contributed by atoms with Crippen LogP contribution in [0.2, 0.25) is 0 Å². The minimum Gasteiger partial charge on any atom is -0.493 e. The highest BCUT2D eigenvalue weighted by molar-refractivity contribution is 5.79. The molecule has 2 aromatic rings. The van der Waals surface area contributed by atoms with Crippen LogP contribution in [-0.2, 0) is 6.54 Å². The number of fused-ring (bicyclic) bond motifs is 1. The van der Waals surface area contributed by atoms with Gasteiger partial charge in [0.2, 0.25) is 6.79 Å². The van der Waals surface area contributed by atoms with Gasteiger partial charge in [-0.1, -0.05) is 12.1 Å². The Bertz CT molecular complexity index is 911. The highest BCUT2D eigenvalue weighted by atomic mass is 19.3. The van der Waals surface area contributed by atoms with Gasteiger partial charge in [-0.3, -0.25) is 4.99 Å². The zero-order chi connectivity index (χ0) is 22.2. The summed E-state index contributed by atoms with van der Waals surface area (Å²) in [6.07, 6.45) is -0.196. The van der Waals surface area contributed by atoms with Crippen molar-refractivity contribution in [2.75, 3.05) is 27.5 Å². The first-order chi connectivity index (χ1) is 15.0. The lowest BCUT2D eigenvalue weighted by molar-refractivity contribution is -0.0505. The molecular weight excluding hydrogens is 412 g/mol. The lowest BCUT2D eigenvalue weighted by atomic mass is 10.1. The zero-order valence-corrected chi connectivity index (χ0v) is 17.5. The van der Waals surface area contributed by atoms with Crippen molar-refractivity contribution in [2.24, 2.45) is 4.99 Å². The molecule has 2 N–H and O–H groups in total. The van der Waals surface area contributed by atoms with Crippen LogP contribution in [0.3, 0.4) is 0 Å². The molecule has 10 heteroatoms. The SMILES string of the molecule is CN=C(NCc1cc2c(cc1OC(F)F)OCO2)NCC(C)Oc1ccccc1OC. The second-order valence-electron chi connectivity index (χ2n) is 6.58. The average molecular weight is 437 g/mol. The van der Waals surface area contributed by atoms with E-state index in [4.69, 9.17) is 18.9 Å². The molecule has 0 saturated heterocycles. The van der Waals surface area contributed by atoms with Crippen LogP contribution in [0, 0.1) is 0 Å². The Hall–Kier alpha value is -3.43. The number of hydrogen-bond donors (Lipinski definition) is 2. The molecule has 2 aromatic carbocycles. The van der Waals surface area contributed by atoms with Gasteiger partial charge >= 0.3 is 6.61 Å². The molecule has 1 aliphatic rings. The van der Waals surface area contributed by atoms with Gasteiger partial charge in [0, 0.05) is 25.2 Å². The molecule has 1 unspecified atom stereocenters. The van der Waals surface area contributed by atoms with Crippen molar-refractivity contribution in [2.45, 2.75) is 26.2 Å². The quantitative estimate of drug-likeness (QED) is 0.461. The Morgan fingerprint density at radius 1 is 1.06 bits per heavy atom. The Morgan fingerprint density at radius 3 is 2.45 bits per heavy atom. The van der Waals surface area contributed by atoms with Gasteiger partial charge < -0.3 is 34.3 Å². The number of ether oxygens (including phenoxy) is 5. The third-order valence-electron chi connectivity index (χ3n) is 4.40. The maximum absolute atomic E-state index is 12.8. The number of alkyl halides is 2. The van der Waals surface area contributed by atoms with Crippen LogP contribution in [0.15, 0.2) is 41.4 Å². The Balaban J connectivity index is 1.57. The van der Waals surface area contributed by atoms with Crippen LogP contribution in [-0.4, -0.2) is 46.2 Å². The number of nitrogens with one attached hydrogen (secondary N) is 2. The van der Waals surface area contributed by atoms with Crippen LogP contribution in [0.25, 0.3) is 0 Å². The normalized spacial score (nSPS) is 13.7. The number of nitrogens with zero attached hydrogens (tertiary/aromatic N) is 1. The minimum atomic E-state index is -2.95. The van der Waals surface area contributed by atoms with Crippen LogP contribution in [0.1, 0.15) is 12.5 Å². The summed E-state index contributed by atoms with van der Waals surface area (Å²) in [6.45, 7) is -0.392. The van der Waals surface area contributed by atoms with E-state index in [1.165, 1.54) is 6.07 Å². The minimum absolute atomic E-state index is 0.00933. The van der Waals surface area contributed by atoms with Crippen LogP contribution < -0.4 is 34.3 Å². The molecule has 0 radical (unpaired) electrons. The standard InChI is InChI=1S/C21H25F2N3O5/c1-13(30-16-7-5-4-6-15(16)27-3)10-25-21(24-2)26-11-14-8-18-19(29-12-28-18)9-17(14)31-20(22)23/h4-9,13,20H,10-12H2,1-3H3,(H2,24,25,26). The number of methoxy groups -OCH3 is 1. The fourth-order valence-corrected chi connectivity index (χ4v) is 2.92. The van der Waals surface area contributed by atoms with Crippen molar-refractivity contribution in [3.63, 3.8) is 0 Å². The van der Waals surface area contributed by atoms with Gasteiger partial charge in [0.25, 0.3) is 0 Å². The second-order valence-corrected chi connectivity index (χ2v) is 6.58. The summed E-state index contributed by atoms with van der Waals surface area (Å²) in [7, 11) is 3.19. The smallest absolute Gasteiger partial charge is 0.387 e. The highest BCUT2D eigenvalue weighted by Gasteiger charge is 2.20. The van der Waals surface area contributed by atoms with Gasteiger partial charge in [-0.15, -0.1) is 0 Å². The van der Waals surface area contributed by atoms with Crippen LogP contribution in [0.5, 0.6) is 28.7 Å². The third kappa shape index (κ3) is 6.03. The molecule has 1 heterocycles. The maximum Gasteiger partial charge on any atom is 0.387 e. The number of halogens is 2. The third-order valence-corrected chi connectivity index (χ3v) is 4.40. The summed E-state index contributed by atoms with van der Waals surface area (Å²) >= 11 is 0. The molecule has 0 aliphatic carbocycles. The van der Waals surface area contributed by atoms with Crippen molar-refractivity contribution < 1.29 is 32.5 Å². The van der Waals surface area contributed by atoms with Gasteiger partial charge in [0.15, 0.2) is 29.0 Å². The number of rotatable bonds is 9. The number of benzene rings is 2. The monoisotopic (exact) mass is 437 g/mol. The van der Waals surface area contributed by atoms with E-state index in [0.29, 0.717) is 41.1 Å². The molecule has 0 saturated carbocycles. The second kappa shape index (κ2) is 10.6. The highest BCUT2D eigenvalue weighted by Crippen LogP contribution is 2.38. The molecule has 31 heavy (non-hydrogen) atoms. The first-order valence-corrected chi connectivity index (χ1v) is 9.61. The van der Waals surface area contributed by atoms with Gasteiger partial charge in [0.05, 0.1) is 13.7 Å². The Morgan fingerprint density at radius 2 is 1.77 bits per heavy atom. The van der Waals surface area contributed by atoms with Gasteiger partial charge in [-0.2, -0.15) is 8.78 Å². The van der Waals surface area contributed by atoms with E-state index < -0.39 is 6.61 Å². The van der Waals surface area contributed by atoms with E-state index in [1.807, 2.05) is 31.2 Å². The fourth-order valence-electron chi connectivity index (χ4n) is 2.92. The molecule has 0 spiro atoms. The summed E-state index contributed by atoms with van der Waals surface area (Å²) in [5.41, 5.74) is 0.478. The number of hydrogen-bond acceptors (Lipinski definition) is 6. The Kier molecular flexibility index (Phi) is 7.58. The molecule has 168 valence electrons. The van der Waals surface area contributed by atoms with Crippen LogP contribution in [0.4, 0.5) is 8.78 Å². The fraction of sp³-hybridized carbons (Fsp3) is 0.381. The number of aliphatic imine (C=N–C) groups is 1. The molecule has 0 bridgehead atoms. The van der Waals surface area contributed by atoms with E-state index in [0.717, 1.165) is 0 Å². The van der Waals surface area contributed by atoms with E-state index >= 15 is 0 Å².